The van der Waals surface area contributed by atoms with Gasteiger partial charge in [-0.2, -0.15) is 0 Å². The predicted octanol–water partition coefficient (Wildman–Crippen LogP) is 1.86. The first-order valence-electron chi connectivity index (χ1n) is 8.06. The maximum atomic E-state index is 13.7. The molecule has 0 radical (unpaired) electrons. The molecule has 0 spiro atoms. The summed E-state index contributed by atoms with van der Waals surface area (Å²) in [6.45, 7) is 0.0748. The van der Waals surface area contributed by atoms with Crippen molar-refractivity contribution in [3.8, 4) is 11.5 Å². The van der Waals surface area contributed by atoms with Crippen LogP contribution in [0.5, 0.6) is 11.5 Å². The van der Waals surface area contributed by atoms with E-state index in [2.05, 4.69) is 4.72 Å². The summed E-state index contributed by atoms with van der Waals surface area (Å²) >= 11 is 0. The molecule has 0 bridgehead atoms. The number of carbonyl (C=O) groups is 1. The Morgan fingerprint density at radius 1 is 1.15 bits per heavy atom. The highest BCUT2D eigenvalue weighted by Gasteiger charge is 2.34. The molecule has 2 aliphatic heterocycles. The van der Waals surface area contributed by atoms with Crippen molar-refractivity contribution in [1.29, 1.82) is 0 Å². The van der Waals surface area contributed by atoms with Crippen LogP contribution >= 0.6 is 0 Å². The number of ether oxygens (including phenoxy) is 3. The smallest absolute Gasteiger partial charge is 0.414 e. The second-order valence-corrected chi connectivity index (χ2v) is 7.67. The van der Waals surface area contributed by atoms with E-state index in [1.54, 1.807) is 18.2 Å². The summed E-state index contributed by atoms with van der Waals surface area (Å²) in [7, 11) is -4.06. The topological polar surface area (TPSA) is 94.2 Å². The summed E-state index contributed by atoms with van der Waals surface area (Å²) in [6.07, 6.45) is -1.33. The van der Waals surface area contributed by atoms with E-state index >= 15 is 0 Å². The number of amides is 1. The molecule has 4 rings (SSSR count). The quantitative estimate of drug-likeness (QED) is 0.832. The molecule has 2 aromatic carbocycles. The molecule has 8 nitrogen and oxygen atoms in total. The Kier molecular flexibility index (Phi) is 4.36. The Labute approximate surface area is 154 Å². The Balaban J connectivity index is 1.43. The van der Waals surface area contributed by atoms with Crippen molar-refractivity contribution in [2.24, 2.45) is 0 Å². The van der Waals surface area contributed by atoms with Gasteiger partial charge in [-0.3, -0.25) is 4.90 Å². The number of halogens is 1. The molecule has 1 amide bonds. The lowest BCUT2D eigenvalue weighted by Crippen LogP contribution is -2.35. The fourth-order valence-electron chi connectivity index (χ4n) is 2.83. The van der Waals surface area contributed by atoms with E-state index < -0.39 is 32.9 Å². The molecule has 1 saturated heterocycles. The number of benzene rings is 2. The summed E-state index contributed by atoms with van der Waals surface area (Å²) in [4.78, 5) is 13.0. The Morgan fingerprint density at radius 3 is 2.74 bits per heavy atom. The van der Waals surface area contributed by atoms with Gasteiger partial charge in [-0.05, 0) is 24.3 Å². The van der Waals surface area contributed by atoms with Gasteiger partial charge in [0, 0.05) is 12.6 Å². The number of rotatable bonds is 5. The minimum Gasteiger partial charge on any atom is -0.454 e. The molecule has 0 aromatic heterocycles. The number of cyclic esters (lactones) is 1. The van der Waals surface area contributed by atoms with E-state index in [0.29, 0.717) is 17.2 Å². The standard InChI is InChI=1S/C17H15FN2O6S/c18-13-3-1-2-4-16(13)27(22,23)19-8-12-9-20(17(21)26-12)11-5-6-14-15(7-11)25-10-24-14/h1-7,12,19H,8-10H2. The van der Waals surface area contributed by atoms with E-state index in [9.17, 15) is 17.6 Å². The molecule has 0 aliphatic carbocycles. The van der Waals surface area contributed by atoms with E-state index in [4.69, 9.17) is 14.2 Å². The minimum atomic E-state index is -4.06. The Bertz CT molecular complexity index is 997. The number of carbonyl (C=O) groups excluding carboxylic acids is 1. The van der Waals surface area contributed by atoms with Crippen molar-refractivity contribution < 1.29 is 31.8 Å². The van der Waals surface area contributed by atoms with Gasteiger partial charge in [0.15, 0.2) is 11.5 Å². The first-order valence-corrected chi connectivity index (χ1v) is 9.54. The van der Waals surface area contributed by atoms with Crippen molar-refractivity contribution in [3.63, 3.8) is 0 Å². The second-order valence-electron chi connectivity index (χ2n) is 5.94. The van der Waals surface area contributed by atoms with Crippen LogP contribution in [0.3, 0.4) is 0 Å². The number of anilines is 1. The third-order valence-electron chi connectivity index (χ3n) is 4.17. The van der Waals surface area contributed by atoms with Crippen LogP contribution in [0.1, 0.15) is 0 Å². The molecule has 27 heavy (non-hydrogen) atoms. The second kappa shape index (κ2) is 6.71. The van der Waals surface area contributed by atoms with Crippen molar-refractivity contribution in [3.05, 3.63) is 48.3 Å². The van der Waals surface area contributed by atoms with Gasteiger partial charge < -0.3 is 14.2 Å². The molecule has 2 heterocycles. The van der Waals surface area contributed by atoms with Crippen molar-refractivity contribution >= 4 is 21.8 Å². The molecule has 1 unspecified atom stereocenters. The van der Waals surface area contributed by atoms with Gasteiger partial charge in [-0.25, -0.2) is 22.3 Å². The maximum absolute atomic E-state index is 13.7. The lowest BCUT2D eigenvalue weighted by molar-refractivity contribution is 0.143. The zero-order valence-electron chi connectivity index (χ0n) is 13.9. The molecule has 1 fully saturated rings. The number of hydrogen-bond donors (Lipinski definition) is 1. The van der Waals surface area contributed by atoms with Crippen molar-refractivity contribution in [2.45, 2.75) is 11.0 Å². The molecule has 2 aromatic rings. The lowest BCUT2D eigenvalue weighted by atomic mass is 10.2. The molecule has 1 N–H and O–H groups in total. The summed E-state index contributed by atoms with van der Waals surface area (Å²) in [5.41, 5.74) is 0.545. The van der Waals surface area contributed by atoms with Crippen molar-refractivity contribution in [2.75, 3.05) is 24.8 Å². The summed E-state index contributed by atoms with van der Waals surface area (Å²) < 4.78 is 56.2. The van der Waals surface area contributed by atoms with Crippen molar-refractivity contribution in [1.82, 2.24) is 4.72 Å². The molecule has 10 heteroatoms. The molecule has 2 aliphatic rings. The Morgan fingerprint density at radius 2 is 1.93 bits per heavy atom. The Hall–Kier alpha value is -2.85. The van der Waals surface area contributed by atoms with Gasteiger partial charge >= 0.3 is 6.09 Å². The van der Waals surface area contributed by atoms with Crippen LogP contribution in [-0.2, 0) is 14.8 Å². The number of sulfonamides is 1. The summed E-state index contributed by atoms with van der Waals surface area (Å²) in [6, 6.07) is 10.1. The molecule has 0 saturated carbocycles. The average Bonchev–Trinajstić information content (AvgIpc) is 3.26. The third kappa shape index (κ3) is 3.40. The van der Waals surface area contributed by atoms with Gasteiger partial charge in [0.05, 0.1) is 12.2 Å². The highest BCUT2D eigenvalue weighted by molar-refractivity contribution is 7.89. The molecule has 142 valence electrons. The number of hydrogen-bond acceptors (Lipinski definition) is 6. The summed E-state index contributed by atoms with van der Waals surface area (Å²) in [5.74, 6) is 0.250. The minimum absolute atomic E-state index is 0.115. The van der Waals surface area contributed by atoms with Crippen LogP contribution < -0.4 is 19.1 Å². The number of nitrogens with zero attached hydrogens (tertiary/aromatic N) is 1. The largest absolute Gasteiger partial charge is 0.454 e. The van der Waals surface area contributed by atoms with Gasteiger partial charge in [0.2, 0.25) is 16.8 Å². The van der Waals surface area contributed by atoms with Crippen LogP contribution in [-0.4, -0.2) is 40.5 Å². The van der Waals surface area contributed by atoms with Gasteiger partial charge in [-0.15, -0.1) is 0 Å². The normalized spacial score (nSPS) is 18.6. The fraction of sp³-hybridized carbons (Fsp3) is 0.235. The highest BCUT2D eigenvalue weighted by atomic mass is 32.2. The zero-order valence-corrected chi connectivity index (χ0v) is 14.7. The molecular formula is C17H15FN2O6S. The zero-order chi connectivity index (χ0) is 19.0. The van der Waals surface area contributed by atoms with E-state index in [-0.39, 0.29) is 19.9 Å². The van der Waals surface area contributed by atoms with Crippen LogP contribution in [0.4, 0.5) is 14.9 Å². The van der Waals surface area contributed by atoms with E-state index in [0.717, 1.165) is 12.1 Å². The molecular weight excluding hydrogens is 379 g/mol. The van der Waals surface area contributed by atoms with Gasteiger partial charge in [-0.1, -0.05) is 12.1 Å². The third-order valence-corrected chi connectivity index (χ3v) is 5.63. The first kappa shape index (κ1) is 17.6. The summed E-state index contributed by atoms with van der Waals surface area (Å²) in [5, 5.41) is 0. The fourth-order valence-corrected chi connectivity index (χ4v) is 3.98. The number of nitrogens with one attached hydrogen (secondary N) is 1. The SMILES string of the molecule is O=C1OC(CNS(=O)(=O)c2ccccc2F)CN1c1ccc2c(c1)OCO2. The van der Waals surface area contributed by atoms with Crippen LogP contribution in [0.25, 0.3) is 0 Å². The first-order chi connectivity index (χ1) is 12.9. The predicted molar refractivity (Wildman–Crippen MR) is 91.8 cm³/mol. The van der Waals surface area contributed by atoms with Crippen LogP contribution in [0, 0.1) is 5.82 Å². The monoisotopic (exact) mass is 394 g/mol. The van der Waals surface area contributed by atoms with E-state index in [1.165, 1.54) is 17.0 Å². The maximum Gasteiger partial charge on any atom is 0.414 e. The molecule has 1 atom stereocenters. The lowest BCUT2D eigenvalue weighted by Gasteiger charge is -2.13. The van der Waals surface area contributed by atoms with Crippen LogP contribution in [0.2, 0.25) is 0 Å². The van der Waals surface area contributed by atoms with Gasteiger partial charge in [0.1, 0.15) is 16.8 Å². The number of fused-ring (bicyclic) bond motifs is 1. The highest BCUT2D eigenvalue weighted by Crippen LogP contribution is 2.36. The van der Waals surface area contributed by atoms with E-state index in [1.807, 2.05) is 0 Å². The van der Waals surface area contributed by atoms with Crippen LogP contribution in [0.15, 0.2) is 47.4 Å². The van der Waals surface area contributed by atoms with Gasteiger partial charge in [0.25, 0.3) is 0 Å². The average molecular weight is 394 g/mol.